The molecule has 6 nitrogen and oxygen atoms in total. The molecule has 3 heterocycles. The summed E-state index contributed by atoms with van der Waals surface area (Å²) >= 11 is 0. The molecule has 2 aromatic heterocycles. The Hall–Kier alpha value is -2.89. The summed E-state index contributed by atoms with van der Waals surface area (Å²) < 4.78 is 2.25. The molecule has 1 saturated heterocycles. The fourth-order valence-electron chi connectivity index (χ4n) is 3.78. The van der Waals surface area contributed by atoms with Gasteiger partial charge in [-0.1, -0.05) is 37.3 Å². The van der Waals surface area contributed by atoms with E-state index in [1.807, 2.05) is 53.6 Å². The van der Waals surface area contributed by atoms with Gasteiger partial charge in [0.25, 0.3) is 0 Å². The lowest BCUT2D eigenvalue weighted by atomic mass is 10.2. The molecule has 0 radical (unpaired) electrons. The van der Waals surface area contributed by atoms with Crippen molar-refractivity contribution < 1.29 is 4.79 Å². The van der Waals surface area contributed by atoms with Crippen LogP contribution in [0.1, 0.15) is 37.2 Å². The molecule has 0 saturated carbocycles. The molecule has 0 bridgehead atoms. The van der Waals surface area contributed by atoms with Gasteiger partial charge in [0, 0.05) is 32.3 Å². The Bertz CT molecular complexity index is 921. The minimum Gasteiger partial charge on any atom is -0.334 e. The van der Waals surface area contributed by atoms with Crippen LogP contribution in [0, 0.1) is 0 Å². The number of imidazole rings is 1. The average molecular weight is 363 g/mol. The third-order valence-electron chi connectivity index (χ3n) is 5.10. The number of aryl methyl sites for hydroxylation is 1. The molecule has 1 aliphatic heterocycles. The van der Waals surface area contributed by atoms with Gasteiger partial charge in [0.15, 0.2) is 5.65 Å². The van der Waals surface area contributed by atoms with E-state index < -0.39 is 0 Å². The van der Waals surface area contributed by atoms with Crippen LogP contribution in [0.15, 0.2) is 48.7 Å². The van der Waals surface area contributed by atoms with Crippen molar-refractivity contribution >= 4 is 17.2 Å². The van der Waals surface area contributed by atoms with E-state index in [0.29, 0.717) is 13.1 Å². The van der Waals surface area contributed by atoms with Crippen molar-refractivity contribution in [1.29, 1.82) is 0 Å². The topological polar surface area (TPSA) is 63.1 Å². The number of hydrogen-bond acceptors (Lipinski definition) is 3. The SMILES string of the molecule is CCCc1nc2cccnc2n1[C@@H]1CCN(C(=O)NCc2ccccc2)C1. The van der Waals surface area contributed by atoms with E-state index in [9.17, 15) is 4.79 Å². The monoisotopic (exact) mass is 363 g/mol. The Morgan fingerprint density at radius 2 is 2.07 bits per heavy atom. The lowest BCUT2D eigenvalue weighted by molar-refractivity contribution is 0.206. The Labute approximate surface area is 159 Å². The van der Waals surface area contributed by atoms with Gasteiger partial charge < -0.3 is 14.8 Å². The predicted octanol–water partition coefficient (Wildman–Crippen LogP) is 3.54. The number of carbonyl (C=O) groups excluding carboxylic acids is 1. The number of pyridine rings is 1. The van der Waals surface area contributed by atoms with Crippen LogP contribution in [0.4, 0.5) is 4.79 Å². The molecule has 0 aliphatic carbocycles. The number of nitrogens with one attached hydrogen (secondary N) is 1. The summed E-state index contributed by atoms with van der Waals surface area (Å²) in [5, 5.41) is 3.03. The first kappa shape index (κ1) is 17.5. The van der Waals surface area contributed by atoms with Gasteiger partial charge >= 0.3 is 6.03 Å². The predicted molar refractivity (Wildman–Crippen MR) is 105 cm³/mol. The van der Waals surface area contributed by atoms with Gasteiger partial charge in [-0.25, -0.2) is 14.8 Å². The molecule has 6 heteroatoms. The third-order valence-corrected chi connectivity index (χ3v) is 5.10. The summed E-state index contributed by atoms with van der Waals surface area (Å²) in [4.78, 5) is 23.8. The van der Waals surface area contributed by atoms with Crippen molar-refractivity contribution in [3.63, 3.8) is 0 Å². The van der Waals surface area contributed by atoms with Crippen LogP contribution < -0.4 is 5.32 Å². The second kappa shape index (κ2) is 7.78. The van der Waals surface area contributed by atoms with Crippen LogP contribution in [0.25, 0.3) is 11.2 Å². The van der Waals surface area contributed by atoms with Gasteiger partial charge in [0.2, 0.25) is 0 Å². The molecular formula is C21H25N5O. The summed E-state index contributed by atoms with van der Waals surface area (Å²) in [5.74, 6) is 1.07. The van der Waals surface area contributed by atoms with E-state index in [2.05, 4.69) is 21.8 Å². The maximum atomic E-state index is 12.6. The first-order chi connectivity index (χ1) is 13.3. The Morgan fingerprint density at radius 1 is 1.22 bits per heavy atom. The van der Waals surface area contributed by atoms with Crippen molar-refractivity contribution in [2.24, 2.45) is 0 Å². The number of rotatable bonds is 5. The average Bonchev–Trinajstić information content (AvgIpc) is 3.31. The summed E-state index contributed by atoms with van der Waals surface area (Å²) in [6.07, 6.45) is 4.71. The van der Waals surface area contributed by atoms with Gasteiger partial charge in [0.05, 0.1) is 6.04 Å². The Balaban J connectivity index is 1.47. The first-order valence-electron chi connectivity index (χ1n) is 9.64. The summed E-state index contributed by atoms with van der Waals surface area (Å²) in [7, 11) is 0. The molecule has 0 spiro atoms. The van der Waals surface area contributed by atoms with Crippen LogP contribution in [-0.2, 0) is 13.0 Å². The zero-order valence-electron chi connectivity index (χ0n) is 15.6. The number of fused-ring (bicyclic) bond motifs is 1. The normalized spacial score (nSPS) is 16.8. The van der Waals surface area contributed by atoms with E-state index in [1.165, 1.54) is 0 Å². The van der Waals surface area contributed by atoms with Crippen LogP contribution in [-0.4, -0.2) is 38.6 Å². The molecule has 1 N–H and O–H groups in total. The Morgan fingerprint density at radius 3 is 2.89 bits per heavy atom. The molecule has 1 fully saturated rings. The number of likely N-dealkylation sites (tertiary alicyclic amines) is 1. The minimum absolute atomic E-state index is 0.00391. The first-order valence-corrected chi connectivity index (χ1v) is 9.64. The van der Waals surface area contributed by atoms with Crippen molar-refractivity contribution in [3.05, 3.63) is 60.0 Å². The van der Waals surface area contributed by atoms with E-state index in [1.54, 1.807) is 0 Å². The van der Waals surface area contributed by atoms with Crippen molar-refractivity contribution in [3.8, 4) is 0 Å². The van der Waals surface area contributed by atoms with E-state index in [4.69, 9.17) is 4.98 Å². The number of amides is 2. The molecule has 1 atom stereocenters. The zero-order valence-corrected chi connectivity index (χ0v) is 15.6. The molecule has 1 aliphatic rings. The molecule has 3 aromatic rings. The molecule has 0 unspecified atom stereocenters. The summed E-state index contributed by atoms with van der Waals surface area (Å²) in [6.45, 7) is 4.16. The van der Waals surface area contributed by atoms with Crippen LogP contribution in [0.5, 0.6) is 0 Å². The van der Waals surface area contributed by atoms with E-state index in [-0.39, 0.29) is 12.1 Å². The van der Waals surface area contributed by atoms with Crippen LogP contribution >= 0.6 is 0 Å². The van der Waals surface area contributed by atoms with Crippen molar-refractivity contribution in [1.82, 2.24) is 24.8 Å². The van der Waals surface area contributed by atoms with Crippen molar-refractivity contribution in [2.45, 2.75) is 38.8 Å². The largest absolute Gasteiger partial charge is 0.334 e. The highest BCUT2D eigenvalue weighted by Gasteiger charge is 2.30. The number of aromatic nitrogens is 3. The molecule has 140 valence electrons. The van der Waals surface area contributed by atoms with Gasteiger partial charge in [0.1, 0.15) is 11.3 Å². The van der Waals surface area contributed by atoms with Gasteiger partial charge in [-0.2, -0.15) is 0 Å². The quantitative estimate of drug-likeness (QED) is 0.754. The van der Waals surface area contributed by atoms with Crippen LogP contribution in [0.2, 0.25) is 0 Å². The van der Waals surface area contributed by atoms with Gasteiger partial charge in [-0.05, 0) is 30.5 Å². The van der Waals surface area contributed by atoms with Gasteiger partial charge in [-0.15, -0.1) is 0 Å². The fourth-order valence-corrected chi connectivity index (χ4v) is 3.78. The third kappa shape index (κ3) is 3.65. The fraction of sp³-hybridized carbons (Fsp3) is 0.381. The highest BCUT2D eigenvalue weighted by Crippen LogP contribution is 2.27. The summed E-state index contributed by atoms with van der Waals surface area (Å²) in [6, 6.07) is 14.2. The summed E-state index contributed by atoms with van der Waals surface area (Å²) in [5.41, 5.74) is 2.97. The lowest BCUT2D eigenvalue weighted by Gasteiger charge is -2.19. The minimum atomic E-state index is -0.00391. The molecular weight excluding hydrogens is 338 g/mol. The number of benzene rings is 1. The molecule has 27 heavy (non-hydrogen) atoms. The molecule has 4 rings (SSSR count). The lowest BCUT2D eigenvalue weighted by Crippen LogP contribution is -2.38. The van der Waals surface area contributed by atoms with E-state index >= 15 is 0 Å². The highest BCUT2D eigenvalue weighted by molar-refractivity contribution is 5.75. The van der Waals surface area contributed by atoms with Crippen LogP contribution in [0.3, 0.4) is 0 Å². The zero-order chi connectivity index (χ0) is 18.6. The Kier molecular flexibility index (Phi) is 5.05. The number of nitrogens with zero attached hydrogens (tertiary/aromatic N) is 4. The number of hydrogen-bond donors (Lipinski definition) is 1. The highest BCUT2D eigenvalue weighted by atomic mass is 16.2. The second-order valence-electron chi connectivity index (χ2n) is 7.03. The van der Waals surface area contributed by atoms with Gasteiger partial charge in [-0.3, -0.25) is 0 Å². The molecule has 1 aromatic carbocycles. The van der Waals surface area contributed by atoms with E-state index in [0.717, 1.165) is 48.4 Å². The number of carbonyl (C=O) groups is 1. The maximum absolute atomic E-state index is 12.6. The second-order valence-corrected chi connectivity index (χ2v) is 7.03. The maximum Gasteiger partial charge on any atom is 0.317 e. The van der Waals surface area contributed by atoms with Crippen molar-refractivity contribution in [2.75, 3.05) is 13.1 Å². The molecule has 2 amide bonds. The number of urea groups is 1. The smallest absolute Gasteiger partial charge is 0.317 e. The standard InChI is InChI=1S/C21H25N5O/c1-2-7-19-24-18-10-6-12-22-20(18)26(19)17-11-13-25(15-17)21(27)23-14-16-8-4-3-5-9-16/h3-6,8-10,12,17H,2,7,11,13-15H2,1H3,(H,23,27)/t17-/m1/s1.